The highest BCUT2D eigenvalue weighted by atomic mass is 16.5. The average molecular weight is 564 g/mol. The third-order valence-electron chi connectivity index (χ3n) is 8.29. The van der Waals surface area contributed by atoms with Crippen molar-refractivity contribution in [3.63, 3.8) is 0 Å². The van der Waals surface area contributed by atoms with Crippen LogP contribution in [0.4, 0.5) is 5.69 Å². The van der Waals surface area contributed by atoms with Crippen molar-refractivity contribution in [2.45, 2.75) is 51.1 Å². The van der Waals surface area contributed by atoms with Crippen molar-refractivity contribution >= 4 is 17.5 Å². The summed E-state index contributed by atoms with van der Waals surface area (Å²) in [5.41, 5.74) is 5.28. The molecule has 0 N–H and O–H groups in total. The highest BCUT2D eigenvalue weighted by molar-refractivity contribution is 6.03. The first-order chi connectivity index (χ1) is 20.5. The number of para-hydroxylation sites is 2. The fourth-order valence-corrected chi connectivity index (χ4v) is 5.94. The minimum Gasteiger partial charge on any atom is -0.497 e. The van der Waals surface area contributed by atoms with Gasteiger partial charge in [0.1, 0.15) is 24.1 Å². The topological polar surface area (TPSA) is 64.0 Å². The lowest BCUT2D eigenvalue weighted by molar-refractivity contribution is -0.119. The Balaban J connectivity index is 1.38. The molecule has 4 aromatic rings. The summed E-state index contributed by atoms with van der Waals surface area (Å²) >= 11 is 0. The van der Waals surface area contributed by atoms with Gasteiger partial charge in [-0.2, -0.15) is 0 Å². The van der Waals surface area contributed by atoms with Gasteiger partial charge in [-0.15, -0.1) is 0 Å². The lowest BCUT2D eigenvalue weighted by Crippen LogP contribution is -2.47. The van der Waals surface area contributed by atoms with E-state index in [1.165, 1.54) is 5.56 Å². The van der Waals surface area contributed by atoms with Gasteiger partial charge in [-0.3, -0.25) is 14.5 Å². The van der Waals surface area contributed by atoms with Gasteiger partial charge in [0.25, 0.3) is 5.91 Å². The molecule has 0 spiro atoms. The molecule has 2 aliphatic rings. The molecule has 7 heteroatoms. The molecule has 216 valence electrons. The molecule has 1 saturated carbocycles. The van der Waals surface area contributed by atoms with Gasteiger partial charge in [-0.25, -0.2) is 0 Å². The number of aromatic nitrogens is 1. The number of unbranched alkanes of at least 4 members (excludes halogenated alkanes) is 1. The molecule has 1 unspecified atom stereocenters. The number of rotatable bonds is 10. The van der Waals surface area contributed by atoms with E-state index in [1.54, 1.807) is 19.1 Å². The lowest BCUT2D eigenvalue weighted by Gasteiger charge is -2.40. The highest BCUT2D eigenvalue weighted by Gasteiger charge is 2.41. The fourth-order valence-electron chi connectivity index (χ4n) is 5.94. The highest BCUT2D eigenvalue weighted by Crippen LogP contribution is 2.45. The second-order valence-electron chi connectivity index (χ2n) is 11.0. The molecule has 2 amide bonds. The van der Waals surface area contributed by atoms with Crippen LogP contribution < -0.4 is 14.4 Å². The van der Waals surface area contributed by atoms with Gasteiger partial charge in [0, 0.05) is 23.4 Å². The molecule has 6 rings (SSSR count). The zero-order valence-electron chi connectivity index (χ0n) is 24.5. The fraction of sp³-hybridized carbons (Fsp3) is 0.314. The number of aryl methyl sites for hydroxylation is 1. The minimum atomic E-state index is -0.485. The van der Waals surface area contributed by atoms with Crippen molar-refractivity contribution in [2.24, 2.45) is 0 Å². The Labute approximate surface area is 247 Å². The summed E-state index contributed by atoms with van der Waals surface area (Å²) < 4.78 is 13.5. The van der Waals surface area contributed by atoms with Gasteiger partial charge in [-0.05, 0) is 85.8 Å². The molecule has 1 aliphatic carbocycles. The van der Waals surface area contributed by atoms with Crippen molar-refractivity contribution < 1.29 is 19.1 Å². The first kappa shape index (κ1) is 27.6. The van der Waals surface area contributed by atoms with Crippen molar-refractivity contribution in [1.82, 2.24) is 9.47 Å². The maximum absolute atomic E-state index is 14.5. The van der Waals surface area contributed by atoms with E-state index >= 15 is 0 Å². The van der Waals surface area contributed by atoms with Crippen LogP contribution in [-0.2, 0) is 11.2 Å². The zero-order valence-corrected chi connectivity index (χ0v) is 24.5. The number of nitrogens with zero attached hydrogens (tertiary/aromatic N) is 3. The van der Waals surface area contributed by atoms with Crippen LogP contribution in [0.3, 0.4) is 0 Å². The van der Waals surface area contributed by atoms with Crippen LogP contribution in [0.5, 0.6) is 11.5 Å². The van der Waals surface area contributed by atoms with Crippen LogP contribution in [0.2, 0.25) is 0 Å². The van der Waals surface area contributed by atoms with E-state index in [9.17, 15) is 9.59 Å². The summed E-state index contributed by atoms with van der Waals surface area (Å²) in [5, 5.41) is 0. The van der Waals surface area contributed by atoms with Crippen LogP contribution in [0, 0.1) is 0 Å². The number of carbonyl (C=O) groups is 2. The Morgan fingerprint density at radius 3 is 2.36 bits per heavy atom. The van der Waals surface area contributed by atoms with Gasteiger partial charge < -0.3 is 18.9 Å². The minimum absolute atomic E-state index is 0.0150. The van der Waals surface area contributed by atoms with Crippen LogP contribution in [0.25, 0.3) is 5.69 Å². The normalized spacial score (nSPS) is 15.5. The average Bonchev–Trinajstić information content (AvgIpc) is 3.76. The first-order valence-electron chi connectivity index (χ1n) is 14.7. The molecule has 0 radical (unpaired) electrons. The maximum Gasteiger partial charge on any atom is 0.254 e. The number of amides is 2. The van der Waals surface area contributed by atoms with Crippen LogP contribution in [0.15, 0.2) is 85.1 Å². The lowest BCUT2D eigenvalue weighted by atomic mass is 9.96. The van der Waals surface area contributed by atoms with Gasteiger partial charge in [0.2, 0.25) is 5.91 Å². The largest absolute Gasteiger partial charge is 0.497 e. The van der Waals surface area contributed by atoms with E-state index in [0.717, 1.165) is 54.7 Å². The predicted octanol–water partition coefficient (Wildman–Crippen LogP) is 6.58. The molecule has 3 aromatic carbocycles. The summed E-state index contributed by atoms with van der Waals surface area (Å²) in [4.78, 5) is 31.9. The predicted molar refractivity (Wildman–Crippen MR) is 164 cm³/mol. The molecular weight excluding hydrogens is 526 g/mol. The Bertz CT molecular complexity index is 1590. The summed E-state index contributed by atoms with van der Waals surface area (Å²) in [7, 11) is 3.26. The van der Waals surface area contributed by atoms with E-state index in [0.29, 0.717) is 17.1 Å². The third-order valence-corrected chi connectivity index (χ3v) is 8.29. The van der Waals surface area contributed by atoms with Gasteiger partial charge in [-0.1, -0.05) is 37.6 Å². The Morgan fingerprint density at radius 1 is 0.905 bits per heavy atom. The molecule has 2 heterocycles. The number of hydrogen-bond donors (Lipinski definition) is 0. The number of methoxy groups -OCH3 is 2. The van der Waals surface area contributed by atoms with E-state index in [2.05, 4.69) is 11.5 Å². The summed E-state index contributed by atoms with van der Waals surface area (Å²) in [6, 6.07) is 25.0. The van der Waals surface area contributed by atoms with Gasteiger partial charge >= 0.3 is 0 Å². The van der Waals surface area contributed by atoms with E-state index in [-0.39, 0.29) is 24.4 Å². The number of fused-ring (bicyclic) bond motifs is 3. The van der Waals surface area contributed by atoms with Gasteiger partial charge in [0.15, 0.2) is 0 Å². The molecule has 7 nitrogen and oxygen atoms in total. The van der Waals surface area contributed by atoms with Crippen LogP contribution in [0.1, 0.15) is 65.8 Å². The van der Waals surface area contributed by atoms with Crippen molar-refractivity contribution in [1.29, 1.82) is 0 Å². The number of anilines is 1. The van der Waals surface area contributed by atoms with Crippen LogP contribution in [-0.4, -0.2) is 48.1 Å². The van der Waals surface area contributed by atoms with E-state index in [1.807, 2.05) is 90.0 Å². The summed E-state index contributed by atoms with van der Waals surface area (Å²) in [6.07, 6.45) is 7.07. The Kier molecular flexibility index (Phi) is 7.74. The number of hydrogen-bond acceptors (Lipinski definition) is 4. The maximum atomic E-state index is 14.5. The van der Waals surface area contributed by atoms with E-state index in [4.69, 9.17) is 9.47 Å². The summed E-state index contributed by atoms with van der Waals surface area (Å²) in [5.74, 6) is 1.08. The zero-order chi connectivity index (χ0) is 29.2. The molecule has 1 aromatic heterocycles. The van der Waals surface area contributed by atoms with Crippen molar-refractivity contribution in [3.8, 4) is 17.2 Å². The number of ether oxygens (including phenoxy) is 2. The van der Waals surface area contributed by atoms with E-state index < -0.39 is 6.04 Å². The van der Waals surface area contributed by atoms with Gasteiger partial charge in [0.05, 0.1) is 31.3 Å². The Morgan fingerprint density at radius 2 is 1.67 bits per heavy atom. The van der Waals surface area contributed by atoms with Crippen LogP contribution >= 0.6 is 0 Å². The quantitative estimate of drug-likeness (QED) is 0.219. The monoisotopic (exact) mass is 563 g/mol. The first-order valence-corrected chi connectivity index (χ1v) is 14.7. The SMILES string of the molecule is CCCCc1ccc(C(=O)N(CC(=O)N2c3ccccc3-n3cccc3C2c2cc(OC)ccc2OC)C2CC2)cc1. The molecule has 42 heavy (non-hydrogen) atoms. The number of carbonyl (C=O) groups excluding carboxylic acids is 2. The standard InChI is InChI=1S/C35H37N3O4/c1-4-5-9-24-13-15-25(16-14-24)35(40)37(26-17-18-26)23-33(39)38-30-11-7-6-10-29(30)36-21-8-12-31(36)34(38)28-22-27(41-2)19-20-32(28)42-3/h6-8,10-16,19-22,26,34H,4-5,9,17-18,23H2,1-3H3. The molecule has 1 aliphatic heterocycles. The number of benzene rings is 3. The second kappa shape index (κ2) is 11.8. The Hall–Kier alpha value is -4.52. The molecule has 1 fully saturated rings. The third kappa shape index (κ3) is 5.15. The molecular formula is C35H37N3O4. The smallest absolute Gasteiger partial charge is 0.254 e. The summed E-state index contributed by atoms with van der Waals surface area (Å²) in [6.45, 7) is 2.16. The second-order valence-corrected chi connectivity index (χ2v) is 11.0. The van der Waals surface area contributed by atoms with Crippen molar-refractivity contribution in [2.75, 3.05) is 25.7 Å². The molecule has 0 bridgehead atoms. The molecule has 0 saturated heterocycles. The van der Waals surface area contributed by atoms with Crippen molar-refractivity contribution in [3.05, 3.63) is 107 Å². The molecule has 1 atom stereocenters.